The highest BCUT2D eigenvalue weighted by Gasteiger charge is 2.29. The van der Waals surface area contributed by atoms with Crippen LogP contribution < -0.4 is 0 Å². The molecule has 62 heavy (non-hydrogen) atoms. The predicted molar refractivity (Wildman–Crippen MR) is 261 cm³/mol. The molecule has 0 aliphatic rings. The van der Waals surface area contributed by atoms with Crippen molar-refractivity contribution in [1.29, 1.82) is 0 Å². The van der Waals surface area contributed by atoms with E-state index in [2.05, 4.69) is 229 Å². The Morgan fingerprint density at radius 1 is 0.274 bits per heavy atom. The summed E-state index contributed by atoms with van der Waals surface area (Å²) in [6, 6.07) is 85.6. The van der Waals surface area contributed by atoms with Crippen LogP contribution in [0.1, 0.15) is 0 Å². The number of benzene rings is 10. The van der Waals surface area contributed by atoms with Gasteiger partial charge in [-0.15, -0.1) is 0 Å². The highest BCUT2D eigenvalue weighted by atomic mass is 16.3. The SMILES string of the molecule is c1ccc(-c2c(-c3ccccc3)c(-c3ccccc3)c3c(c2-c2ccccc2)c2ccc(-c4cccc(-c5ccc6oc7ccccc7c6c5)c4)cc2n3-c2ccccc2)cc1. The molecule has 2 aromatic heterocycles. The molecule has 10 aromatic carbocycles. The van der Waals surface area contributed by atoms with Gasteiger partial charge in [-0.3, -0.25) is 0 Å². The Bertz CT molecular complexity index is 3590. The molecule has 0 amide bonds. The van der Waals surface area contributed by atoms with E-state index >= 15 is 0 Å². The van der Waals surface area contributed by atoms with Crippen molar-refractivity contribution in [2.75, 3.05) is 0 Å². The van der Waals surface area contributed by atoms with E-state index in [1.165, 1.54) is 60.8 Å². The quantitative estimate of drug-likeness (QED) is 0.157. The van der Waals surface area contributed by atoms with Crippen LogP contribution in [0.3, 0.4) is 0 Å². The third-order valence-corrected chi connectivity index (χ3v) is 12.4. The van der Waals surface area contributed by atoms with Gasteiger partial charge in [0.2, 0.25) is 0 Å². The van der Waals surface area contributed by atoms with Gasteiger partial charge in [0.1, 0.15) is 11.2 Å². The van der Waals surface area contributed by atoms with E-state index in [9.17, 15) is 0 Å². The Balaban J connectivity index is 1.20. The number of hydrogen-bond donors (Lipinski definition) is 0. The topological polar surface area (TPSA) is 18.1 Å². The van der Waals surface area contributed by atoms with Crippen LogP contribution in [0.25, 0.3) is 116 Å². The smallest absolute Gasteiger partial charge is 0.135 e. The second-order valence-electron chi connectivity index (χ2n) is 16.0. The first kappa shape index (κ1) is 35.7. The van der Waals surface area contributed by atoms with E-state index in [1.54, 1.807) is 0 Å². The lowest BCUT2D eigenvalue weighted by molar-refractivity contribution is 0.669. The van der Waals surface area contributed by atoms with Crippen molar-refractivity contribution in [3.05, 3.63) is 237 Å². The summed E-state index contributed by atoms with van der Waals surface area (Å²) in [5.74, 6) is 0. The highest BCUT2D eigenvalue weighted by molar-refractivity contribution is 6.26. The number of furan rings is 1. The largest absolute Gasteiger partial charge is 0.456 e. The molecule has 0 unspecified atom stereocenters. The molecule has 0 aliphatic carbocycles. The van der Waals surface area contributed by atoms with Gasteiger partial charge in [-0.25, -0.2) is 0 Å². The van der Waals surface area contributed by atoms with Gasteiger partial charge >= 0.3 is 0 Å². The summed E-state index contributed by atoms with van der Waals surface area (Å²) in [5, 5.41) is 4.70. The third-order valence-electron chi connectivity index (χ3n) is 12.4. The molecule has 2 nitrogen and oxygen atoms in total. The molecule has 12 rings (SSSR count). The molecule has 0 saturated carbocycles. The molecule has 0 atom stereocenters. The number of para-hydroxylation sites is 2. The van der Waals surface area contributed by atoms with Crippen LogP contribution in [0.5, 0.6) is 0 Å². The Morgan fingerprint density at radius 2 is 0.726 bits per heavy atom. The maximum atomic E-state index is 6.19. The summed E-state index contributed by atoms with van der Waals surface area (Å²) in [4.78, 5) is 0. The second-order valence-corrected chi connectivity index (χ2v) is 16.0. The van der Waals surface area contributed by atoms with E-state index < -0.39 is 0 Å². The molecule has 0 spiro atoms. The zero-order valence-electron chi connectivity index (χ0n) is 33.9. The lowest BCUT2D eigenvalue weighted by atomic mass is 9.80. The van der Waals surface area contributed by atoms with Crippen molar-refractivity contribution in [3.8, 4) is 72.4 Å². The molecule has 0 radical (unpaired) electrons. The Kier molecular flexibility index (Phi) is 8.53. The Labute approximate surface area is 360 Å². The number of aromatic nitrogens is 1. The fourth-order valence-corrected chi connectivity index (χ4v) is 9.65. The van der Waals surface area contributed by atoms with Crippen LogP contribution >= 0.6 is 0 Å². The van der Waals surface area contributed by atoms with Crippen LogP contribution in [-0.2, 0) is 0 Å². The molecule has 0 N–H and O–H groups in total. The molecular weight excluding hydrogens is 751 g/mol. The summed E-state index contributed by atoms with van der Waals surface area (Å²) in [5.41, 5.74) is 19.5. The zero-order valence-corrected chi connectivity index (χ0v) is 33.9. The minimum Gasteiger partial charge on any atom is -0.456 e. The number of nitrogens with zero attached hydrogens (tertiary/aromatic N) is 1. The zero-order chi connectivity index (χ0) is 41.0. The maximum absolute atomic E-state index is 6.19. The first-order chi connectivity index (χ1) is 30.8. The lowest BCUT2D eigenvalue weighted by Crippen LogP contribution is -2.00. The van der Waals surface area contributed by atoms with Gasteiger partial charge in [0, 0.05) is 43.9 Å². The van der Waals surface area contributed by atoms with Crippen LogP contribution in [0.15, 0.2) is 241 Å². The predicted octanol–water partition coefficient (Wildman–Crippen LogP) is 16.7. The number of hydrogen-bond acceptors (Lipinski definition) is 1. The lowest BCUT2D eigenvalue weighted by Gasteiger charge is -2.24. The summed E-state index contributed by atoms with van der Waals surface area (Å²) in [7, 11) is 0. The van der Waals surface area contributed by atoms with Crippen LogP contribution in [0.2, 0.25) is 0 Å². The number of fused-ring (bicyclic) bond motifs is 6. The van der Waals surface area contributed by atoms with Crippen molar-refractivity contribution in [2.45, 2.75) is 0 Å². The van der Waals surface area contributed by atoms with Gasteiger partial charge in [-0.2, -0.15) is 0 Å². The van der Waals surface area contributed by atoms with Gasteiger partial charge in [0.25, 0.3) is 0 Å². The molecule has 12 aromatic rings. The van der Waals surface area contributed by atoms with Crippen LogP contribution in [0, 0.1) is 0 Å². The van der Waals surface area contributed by atoms with Crippen molar-refractivity contribution in [2.24, 2.45) is 0 Å². The van der Waals surface area contributed by atoms with Gasteiger partial charge in [0.05, 0.1) is 11.0 Å². The Morgan fingerprint density at radius 3 is 1.35 bits per heavy atom. The molecule has 0 fully saturated rings. The normalized spacial score (nSPS) is 11.5. The third kappa shape index (κ3) is 5.88. The molecular formula is C60H39NO. The Hall–Kier alpha value is -8.20. The summed E-state index contributed by atoms with van der Waals surface area (Å²) >= 11 is 0. The second kappa shape index (κ2) is 14.8. The monoisotopic (exact) mass is 789 g/mol. The summed E-state index contributed by atoms with van der Waals surface area (Å²) in [6.07, 6.45) is 0. The van der Waals surface area contributed by atoms with Gasteiger partial charge < -0.3 is 8.98 Å². The standard InChI is InChI=1S/C60H39NO/c1-6-19-40(20-7-1)55-56(41-21-8-2-9-22-41)58(43-25-12-4-13-26-43)60-59(57(55)42-23-10-3-11-24-42)50-35-33-47(39-52(50)61(60)48-29-14-5-15-30-48)45-28-18-27-44(37-45)46-34-36-54-51(38-46)49-31-16-17-32-53(49)62-54/h1-39H. The van der Waals surface area contributed by atoms with Gasteiger partial charge in [-0.05, 0) is 92.5 Å². The molecule has 0 saturated heterocycles. The van der Waals surface area contributed by atoms with Crippen LogP contribution in [-0.4, -0.2) is 4.57 Å². The minimum absolute atomic E-state index is 0.904. The molecule has 2 heteroatoms. The fourth-order valence-electron chi connectivity index (χ4n) is 9.65. The van der Waals surface area contributed by atoms with E-state index in [0.717, 1.165) is 55.4 Å². The fraction of sp³-hybridized carbons (Fsp3) is 0. The molecule has 0 bridgehead atoms. The summed E-state index contributed by atoms with van der Waals surface area (Å²) in [6.45, 7) is 0. The van der Waals surface area contributed by atoms with Gasteiger partial charge in [0.15, 0.2) is 0 Å². The number of rotatable bonds is 7. The van der Waals surface area contributed by atoms with Crippen molar-refractivity contribution < 1.29 is 4.42 Å². The average Bonchev–Trinajstić information content (AvgIpc) is 3.90. The average molecular weight is 790 g/mol. The first-order valence-electron chi connectivity index (χ1n) is 21.3. The van der Waals surface area contributed by atoms with E-state index in [-0.39, 0.29) is 0 Å². The van der Waals surface area contributed by atoms with E-state index in [4.69, 9.17) is 4.42 Å². The minimum atomic E-state index is 0.904. The van der Waals surface area contributed by atoms with E-state index in [1.807, 2.05) is 12.1 Å². The van der Waals surface area contributed by atoms with Crippen LogP contribution in [0.4, 0.5) is 0 Å². The van der Waals surface area contributed by atoms with E-state index in [0.29, 0.717) is 0 Å². The molecule has 0 aliphatic heterocycles. The molecule has 2 heterocycles. The highest BCUT2D eigenvalue weighted by Crippen LogP contribution is 2.54. The van der Waals surface area contributed by atoms with Crippen molar-refractivity contribution in [1.82, 2.24) is 4.57 Å². The first-order valence-corrected chi connectivity index (χ1v) is 21.3. The summed E-state index contributed by atoms with van der Waals surface area (Å²) < 4.78 is 8.71. The maximum Gasteiger partial charge on any atom is 0.135 e. The van der Waals surface area contributed by atoms with Crippen molar-refractivity contribution in [3.63, 3.8) is 0 Å². The van der Waals surface area contributed by atoms with Crippen molar-refractivity contribution >= 4 is 43.7 Å². The van der Waals surface area contributed by atoms with Gasteiger partial charge in [-0.1, -0.05) is 194 Å². The molecule has 290 valence electrons.